The zero-order chi connectivity index (χ0) is 8.69. The molecule has 0 spiro atoms. The Morgan fingerprint density at radius 1 is 1.73 bits per heavy atom. The molecule has 0 saturated heterocycles. The molecule has 0 radical (unpaired) electrons. The summed E-state index contributed by atoms with van der Waals surface area (Å²) in [7, 11) is 0. The topological polar surface area (TPSA) is 26.3 Å². The van der Waals surface area contributed by atoms with Crippen molar-refractivity contribution in [3.05, 3.63) is 12.2 Å². The van der Waals surface area contributed by atoms with Gasteiger partial charge in [0.15, 0.2) is 0 Å². The summed E-state index contributed by atoms with van der Waals surface area (Å²) >= 11 is 0. The zero-order valence-electron chi connectivity index (χ0n) is 6.84. The molecule has 0 aliphatic heterocycles. The highest BCUT2D eigenvalue weighted by Gasteiger charge is 1.96. The molecule has 2 nitrogen and oxygen atoms in total. The maximum absolute atomic E-state index is 12.1. The minimum absolute atomic E-state index is 0.155. The fourth-order valence-electron chi connectivity index (χ4n) is 0.572. The van der Waals surface area contributed by atoms with Crippen molar-refractivity contribution >= 4 is 5.97 Å². The predicted molar refractivity (Wildman–Crippen MR) is 41.0 cm³/mol. The molecule has 0 aromatic heterocycles. The van der Waals surface area contributed by atoms with Crippen LogP contribution in [0.5, 0.6) is 0 Å². The van der Waals surface area contributed by atoms with E-state index in [1.807, 2.05) is 0 Å². The molecule has 0 bridgehead atoms. The number of halogens is 1. The molecule has 0 amide bonds. The summed E-state index contributed by atoms with van der Waals surface area (Å²) in [6.45, 7) is 3.51. The summed E-state index contributed by atoms with van der Waals surface area (Å²) in [6, 6.07) is 0. The normalized spacial score (nSPS) is 13.4. The average molecular weight is 160 g/mol. The summed E-state index contributed by atoms with van der Waals surface area (Å²) in [5, 5.41) is 0. The van der Waals surface area contributed by atoms with Crippen LogP contribution in [0, 0.1) is 0 Å². The molecule has 0 unspecified atom stereocenters. The second-order valence-electron chi connectivity index (χ2n) is 2.11. The third-order valence-electron chi connectivity index (χ3n) is 0.991. The highest BCUT2D eigenvalue weighted by atomic mass is 19.1. The van der Waals surface area contributed by atoms with Crippen LogP contribution < -0.4 is 0 Å². The van der Waals surface area contributed by atoms with Crippen LogP contribution in [0.15, 0.2) is 12.2 Å². The van der Waals surface area contributed by atoms with Gasteiger partial charge in [-0.15, -0.1) is 0 Å². The quantitative estimate of drug-likeness (QED) is 0.463. The summed E-state index contributed by atoms with van der Waals surface area (Å²) in [5.41, 5.74) is 0. The van der Waals surface area contributed by atoms with Gasteiger partial charge in [0, 0.05) is 0 Å². The van der Waals surface area contributed by atoms with Crippen LogP contribution in [0.2, 0.25) is 0 Å². The number of carbonyl (C=O) groups excluding carboxylic acids is 1. The Morgan fingerprint density at radius 3 is 2.82 bits per heavy atom. The highest BCUT2D eigenvalue weighted by molar-refractivity contribution is 5.71. The van der Waals surface area contributed by atoms with Crippen molar-refractivity contribution in [2.24, 2.45) is 0 Å². The van der Waals surface area contributed by atoms with E-state index in [0.717, 1.165) is 0 Å². The Kier molecular flexibility index (Phi) is 5.43. The maximum Gasteiger partial charge on any atom is 0.309 e. The van der Waals surface area contributed by atoms with Crippen molar-refractivity contribution in [3.63, 3.8) is 0 Å². The number of esters is 1. The lowest BCUT2D eigenvalue weighted by atomic mass is 10.3. The molecule has 0 heterocycles. The Morgan fingerprint density at radius 2 is 2.36 bits per heavy atom. The summed E-state index contributed by atoms with van der Waals surface area (Å²) in [5.74, 6) is -0.315. The zero-order valence-corrected chi connectivity index (χ0v) is 6.84. The molecule has 0 aliphatic rings. The molecule has 0 saturated carbocycles. The van der Waals surface area contributed by atoms with Gasteiger partial charge in [0.05, 0.1) is 13.0 Å². The first-order valence-electron chi connectivity index (χ1n) is 3.63. The SMILES string of the molecule is CCOC(=O)C/C=C/[C@@H](C)F. The number of alkyl halides is 1. The van der Waals surface area contributed by atoms with Crippen molar-refractivity contribution in [1.82, 2.24) is 0 Å². The fraction of sp³-hybridized carbons (Fsp3) is 0.625. The molecule has 64 valence electrons. The van der Waals surface area contributed by atoms with Crippen molar-refractivity contribution in [2.75, 3.05) is 6.61 Å². The molecular formula is C8H13FO2. The van der Waals surface area contributed by atoms with E-state index in [0.29, 0.717) is 6.61 Å². The predicted octanol–water partition coefficient (Wildman–Crippen LogP) is 1.85. The third kappa shape index (κ3) is 7.03. The standard InChI is InChI=1S/C8H13FO2/c1-3-11-8(10)6-4-5-7(2)9/h4-5,7H,3,6H2,1-2H3/b5-4+/t7-/m1/s1. The fourth-order valence-corrected chi connectivity index (χ4v) is 0.572. The van der Waals surface area contributed by atoms with Crippen molar-refractivity contribution in [2.45, 2.75) is 26.4 Å². The average Bonchev–Trinajstić information content (AvgIpc) is 1.87. The highest BCUT2D eigenvalue weighted by Crippen LogP contribution is 1.93. The van der Waals surface area contributed by atoms with Gasteiger partial charge in [-0.3, -0.25) is 4.79 Å². The molecule has 0 rings (SSSR count). The summed E-state index contributed by atoms with van der Waals surface area (Å²) in [4.78, 5) is 10.6. The first-order valence-corrected chi connectivity index (χ1v) is 3.63. The first-order chi connectivity index (χ1) is 5.16. The third-order valence-corrected chi connectivity index (χ3v) is 0.991. The second-order valence-corrected chi connectivity index (χ2v) is 2.11. The number of rotatable bonds is 4. The minimum Gasteiger partial charge on any atom is -0.466 e. The molecule has 3 heteroatoms. The van der Waals surface area contributed by atoms with E-state index in [1.54, 1.807) is 6.92 Å². The number of hydrogen-bond donors (Lipinski definition) is 0. The van der Waals surface area contributed by atoms with Gasteiger partial charge in [0.25, 0.3) is 0 Å². The van der Waals surface area contributed by atoms with Gasteiger partial charge in [0.1, 0.15) is 6.17 Å². The van der Waals surface area contributed by atoms with E-state index in [2.05, 4.69) is 4.74 Å². The van der Waals surface area contributed by atoms with Crippen LogP contribution in [0.1, 0.15) is 20.3 Å². The van der Waals surface area contributed by atoms with Crippen LogP contribution in [-0.4, -0.2) is 18.7 Å². The number of hydrogen-bond acceptors (Lipinski definition) is 2. The molecule has 11 heavy (non-hydrogen) atoms. The summed E-state index contributed by atoms with van der Waals surface area (Å²) in [6.07, 6.45) is 1.96. The van der Waals surface area contributed by atoms with E-state index in [4.69, 9.17) is 0 Å². The van der Waals surface area contributed by atoms with E-state index in [-0.39, 0.29) is 12.4 Å². The molecule has 1 atom stereocenters. The van der Waals surface area contributed by atoms with Crippen molar-refractivity contribution in [1.29, 1.82) is 0 Å². The molecule has 0 aromatic carbocycles. The van der Waals surface area contributed by atoms with Crippen molar-refractivity contribution in [3.8, 4) is 0 Å². The Bertz CT molecular complexity index is 141. The Labute approximate surface area is 66.0 Å². The van der Waals surface area contributed by atoms with Gasteiger partial charge >= 0.3 is 5.97 Å². The lowest BCUT2D eigenvalue weighted by Crippen LogP contribution is -2.01. The van der Waals surface area contributed by atoms with Crippen LogP contribution in [0.3, 0.4) is 0 Å². The Balaban J connectivity index is 3.45. The smallest absolute Gasteiger partial charge is 0.309 e. The molecule has 0 aliphatic carbocycles. The van der Waals surface area contributed by atoms with E-state index in [1.165, 1.54) is 19.1 Å². The molecule has 0 aromatic rings. The molecule has 0 N–H and O–H groups in total. The van der Waals surface area contributed by atoms with Crippen LogP contribution in [0.25, 0.3) is 0 Å². The van der Waals surface area contributed by atoms with Crippen LogP contribution in [-0.2, 0) is 9.53 Å². The van der Waals surface area contributed by atoms with E-state index in [9.17, 15) is 9.18 Å². The van der Waals surface area contributed by atoms with Gasteiger partial charge in [-0.05, 0) is 13.8 Å². The number of carbonyl (C=O) groups is 1. The Hall–Kier alpha value is -0.860. The van der Waals surface area contributed by atoms with Gasteiger partial charge in [-0.2, -0.15) is 0 Å². The van der Waals surface area contributed by atoms with Crippen LogP contribution >= 0.6 is 0 Å². The largest absolute Gasteiger partial charge is 0.466 e. The maximum atomic E-state index is 12.1. The lowest BCUT2D eigenvalue weighted by molar-refractivity contribution is -0.142. The number of allylic oxidation sites excluding steroid dienone is 1. The summed E-state index contributed by atoms with van der Waals surface area (Å²) < 4.78 is 16.7. The van der Waals surface area contributed by atoms with Crippen molar-refractivity contribution < 1.29 is 13.9 Å². The molecule has 0 fully saturated rings. The van der Waals surface area contributed by atoms with Gasteiger partial charge in [-0.25, -0.2) is 4.39 Å². The van der Waals surface area contributed by atoms with Gasteiger partial charge in [-0.1, -0.05) is 12.2 Å². The monoisotopic (exact) mass is 160 g/mol. The van der Waals surface area contributed by atoms with E-state index < -0.39 is 6.17 Å². The molecular weight excluding hydrogens is 147 g/mol. The van der Waals surface area contributed by atoms with Crippen LogP contribution in [0.4, 0.5) is 4.39 Å². The first kappa shape index (κ1) is 10.1. The minimum atomic E-state index is -0.996. The second kappa shape index (κ2) is 5.89. The number of ether oxygens (including phenoxy) is 1. The van der Waals surface area contributed by atoms with E-state index >= 15 is 0 Å². The lowest BCUT2D eigenvalue weighted by Gasteiger charge is -1.96. The van der Waals surface area contributed by atoms with Gasteiger partial charge < -0.3 is 4.74 Å². The van der Waals surface area contributed by atoms with Gasteiger partial charge in [0.2, 0.25) is 0 Å².